The minimum absolute atomic E-state index is 0.0947. The number of benzene rings is 1. The summed E-state index contributed by atoms with van der Waals surface area (Å²) in [4.78, 5) is 4.68. The number of ether oxygens (including phenoxy) is 1. The SMILES string of the molecule is N=C1C=C(N)/C(=N\c2c(OCCO)nn3ccccc23)C=C1Nc1ccc(N)cc1. The smallest absolute Gasteiger partial charge is 0.260 e. The summed E-state index contributed by atoms with van der Waals surface area (Å²) < 4.78 is 7.21. The van der Waals surface area contributed by atoms with Crippen molar-refractivity contribution in [2.45, 2.75) is 0 Å². The number of anilines is 2. The van der Waals surface area contributed by atoms with Crippen molar-refractivity contribution < 1.29 is 9.84 Å². The number of hydrogen-bond donors (Lipinski definition) is 5. The molecule has 152 valence electrons. The molecule has 1 aliphatic carbocycles. The molecule has 9 heteroatoms. The molecule has 1 aliphatic rings. The van der Waals surface area contributed by atoms with Gasteiger partial charge in [-0.1, -0.05) is 6.07 Å². The van der Waals surface area contributed by atoms with Crippen molar-refractivity contribution in [1.29, 1.82) is 5.41 Å². The molecule has 1 aromatic carbocycles. The zero-order valence-corrected chi connectivity index (χ0v) is 16.0. The molecule has 7 N–H and O–H groups in total. The monoisotopic (exact) mass is 403 g/mol. The number of fused-ring (bicyclic) bond motifs is 1. The Morgan fingerprint density at radius 2 is 1.93 bits per heavy atom. The predicted octanol–water partition coefficient (Wildman–Crippen LogP) is 2.23. The van der Waals surface area contributed by atoms with E-state index in [1.807, 2.05) is 30.3 Å². The number of nitrogens with zero attached hydrogens (tertiary/aromatic N) is 3. The van der Waals surface area contributed by atoms with E-state index in [1.165, 1.54) is 0 Å². The Labute approximate surface area is 172 Å². The molecule has 0 amide bonds. The number of allylic oxidation sites excluding steroid dienone is 2. The van der Waals surface area contributed by atoms with Crippen LogP contribution in [0.5, 0.6) is 5.88 Å². The highest BCUT2D eigenvalue weighted by molar-refractivity contribution is 6.24. The van der Waals surface area contributed by atoms with Crippen LogP contribution in [-0.4, -0.2) is 39.4 Å². The second-order valence-corrected chi connectivity index (χ2v) is 6.57. The van der Waals surface area contributed by atoms with Crippen LogP contribution in [-0.2, 0) is 0 Å². The van der Waals surface area contributed by atoms with E-state index in [9.17, 15) is 0 Å². The third-order valence-corrected chi connectivity index (χ3v) is 4.40. The summed E-state index contributed by atoms with van der Waals surface area (Å²) in [6.45, 7) is -0.0455. The quantitative estimate of drug-likeness (QED) is 0.315. The van der Waals surface area contributed by atoms with E-state index in [4.69, 9.17) is 26.7 Å². The average molecular weight is 403 g/mol. The number of aromatic nitrogens is 2. The van der Waals surface area contributed by atoms with Gasteiger partial charge in [-0.05, 0) is 48.6 Å². The zero-order valence-electron chi connectivity index (χ0n) is 16.0. The van der Waals surface area contributed by atoms with Gasteiger partial charge in [0.15, 0.2) is 5.69 Å². The van der Waals surface area contributed by atoms with Gasteiger partial charge in [-0.15, -0.1) is 5.10 Å². The molecule has 2 aromatic heterocycles. The van der Waals surface area contributed by atoms with Crippen molar-refractivity contribution in [2.24, 2.45) is 10.7 Å². The van der Waals surface area contributed by atoms with Gasteiger partial charge in [0, 0.05) is 17.6 Å². The molecule has 0 spiro atoms. The van der Waals surface area contributed by atoms with Crippen molar-refractivity contribution in [2.75, 3.05) is 24.3 Å². The molecule has 0 saturated heterocycles. The number of aliphatic imine (C=N–C) groups is 1. The van der Waals surface area contributed by atoms with Gasteiger partial charge in [0.05, 0.1) is 34.9 Å². The van der Waals surface area contributed by atoms with Crippen LogP contribution in [0, 0.1) is 5.41 Å². The normalized spacial score (nSPS) is 15.2. The first-order valence-electron chi connectivity index (χ1n) is 9.25. The molecule has 30 heavy (non-hydrogen) atoms. The second-order valence-electron chi connectivity index (χ2n) is 6.57. The first-order chi connectivity index (χ1) is 14.5. The predicted molar refractivity (Wildman–Crippen MR) is 117 cm³/mol. The lowest BCUT2D eigenvalue weighted by Gasteiger charge is -2.16. The lowest BCUT2D eigenvalue weighted by atomic mass is 10.0. The summed E-state index contributed by atoms with van der Waals surface area (Å²) in [5.74, 6) is 0.289. The number of rotatable bonds is 6. The molecule has 2 heterocycles. The molecule has 4 rings (SSSR count). The Bertz CT molecular complexity index is 1190. The molecular formula is C21H21N7O2. The maximum absolute atomic E-state index is 9.10. The molecular weight excluding hydrogens is 382 g/mol. The molecule has 0 atom stereocenters. The minimum Gasteiger partial charge on any atom is -0.473 e. The van der Waals surface area contributed by atoms with E-state index in [0.717, 1.165) is 11.2 Å². The summed E-state index contributed by atoms with van der Waals surface area (Å²) in [7, 11) is 0. The Morgan fingerprint density at radius 1 is 1.13 bits per heavy atom. The van der Waals surface area contributed by atoms with Crippen LogP contribution in [0.2, 0.25) is 0 Å². The van der Waals surface area contributed by atoms with E-state index >= 15 is 0 Å². The summed E-state index contributed by atoms with van der Waals surface area (Å²) in [5, 5.41) is 24.9. The van der Waals surface area contributed by atoms with Gasteiger partial charge < -0.3 is 26.6 Å². The largest absolute Gasteiger partial charge is 0.473 e. The first kappa shape index (κ1) is 19.2. The fourth-order valence-corrected chi connectivity index (χ4v) is 2.96. The van der Waals surface area contributed by atoms with Gasteiger partial charge in [0.1, 0.15) is 6.61 Å². The topological polar surface area (TPSA) is 147 Å². The number of nitrogens with two attached hydrogens (primary N) is 2. The summed E-state index contributed by atoms with van der Waals surface area (Å²) in [6.07, 6.45) is 5.03. The molecule has 3 aromatic rings. The van der Waals surface area contributed by atoms with E-state index in [-0.39, 0.29) is 24.8 Å². The third kappa shape index (κ3) is 3.87. The summed E-state index contributed by atoms with van der Waals surface area (Å²) in [6, 6.07) is 12.8. The van der Waals surface area contributed by atoms with Crippen LogP contribution in [0.1, 0.15) is 0 Å². The number of aliphatic hydroxyl groups excluding tert-OH is 1. The van der Waals surface area contributed by atoms with Crippen LogP contribution in [0.4, 0.5) is 17.1 Å². The molecule has 0 fully saturated rings. The van der Waals surface area contributed by atoms with Crippen molar-refractivity contribution in [3.63, 3.8) is 0 Å². The molecule has 0 saturated carbocycles. The zero-order chi connectivity index (χ0) is 21.1. The van der Waals surface area contributed by atoms with Crippen molar-refractivity contribution in [3.05, 3.63) is 72.2 Å². The highest BCUT2D eigenvalue weighted by atomic mass is 16.5. The van der Waals surface area contributed by atoms with E-state index in [1.54, 1.807) is 35.0 Å². The number of pyridine rings is 1. The molecule has 9 nitrogen and oxygen atoms in total. The van der Waals surface area contributed by atoms with Gasteiger partial charge in [0.2, 0.25) is 0 Å². The lowest BCUT2D eigenvalue weighted by molar-refractivity contribution is 0.197. The molecule has 0 radical (unpaired) electrons. The van der Waals surface area contributed by atoms with Gasteiger partial charge in [-0.2, -0.15) is 0 Å². The number of nitrogens with one attached hydrogen (secondary N) is 2. The van der Waals surface area contributed by atoms with Gasteiger partial charge >= 0.3 is 0 Å². The fraction of sp³-hybridized carbons (Fsp3) is 0.0952. The van der Waals surface area contributed by atoms with Gasteiger partial charge in [-0.25, -0.2) is 9.51 Å². The highest BCUT2D eigenvalue weighted by Crippen LogP contribution is 2.32. The Kier molecular flexibility index (Phi) is 5.19. The Morgan fingerprint density at radius 3 is 2.70 bits per heavy atom. The minimum atomic E-state index is -0.140. The third-order valence-electron chi connectivity index (χ3n) is 4.40. The lowest BCUT2D eigenvalue weighted by Crippen LogP contribution is -2.21. The van der Waals surface area contributed by atoms with E-state index < -0.39 is 0 Å². The molecule has 0 bridgehead atoms. The second kappa shape index (κ2) is 8.10. The van der Waals surface area contributed by atoms with Gasteiger partial charge in [-0.3, -0.25) is 5.41 Å². The van der Waals surface area contributed by atoms with Crippen LogP contribution in [0.25, 0.3) is 5.52 Å². The maximum atomic E-state index is 9.10. The van der Waals surface area contributed by atoms with E-state index in [2.05, 4.69) is 15.4 Å². The standard InChI is InChI=1S/C21H21N7O2/c22-13-4-6-14(7-5-13)25-17-12-18(16(24)11-15(17)23)26-20-19-3-1-2-8-28(19)27-21(20)30-10-9-29/h1-8,11-12,23,25,29H,9-10,22,24H2/b23-15?,26-18-. The summed E-state index contributed by atoms with van der Waals surface area (Å²) in [5.41, 5.74) is 16.1. The van der Waals surface area contributed by atoms with Crippen LogP contribution >= 0.6 is 0 Å². The average Bonchev–Trinajstić information content (AvgIpc) is 3.09. The summed E-state index contributed by atoms with van der Waals surface area (Å²) >= 11 is 0. The number of nitrogen functional groups attached to an aromatic ring is 1. The number of aliphatic hydroxyl groups is 1. The van der Waals surface area contributed by atoms with Crippen molar-refractivity contribution >= 4 is 34.0 Å². The fourth-order valence-electron chi connectivity index (χ4n) is 2.96. The number of hydrogen-bond acceptors (Lipinski definition) is 8. The van der Waals surface area contributed by atoms with Gasteiger partial charge in [0.25, 0.3) is 5.88 Å². The van der Waals surface area contributed by atoms with Crippen molar-refractivity contribution in [1.82, 2.24) is 9.61 Å². The first-order valence-corrected chi connectivity index (χ1v) is 9.25. The maximum Gasteiger partial charge on any atom is 0.260 e. The van der Waals surface area contributed by atoms with E-state index in [0.29, 0.717) is 28.5 Å². The Balaban J connectivity index is 1.74. The van der Waals surface area contributed by atoms with Crippen molar-refractivity contribution in [3.8, 4) is 5.88 Å². The molecule has 0 unspecified atom stereocenters. The highest BCUT2D eigenvalue weighted by Gasteiger charge is 2.18. The van der Waals surface area contributed by atoms with Crippen LogP contribution in [0.15, 0.2) is 77.2 Å². The van der Waals surface area contributed by atoms with Crippen LogP contribution in [0.3, 0.4) is 0 Å². The Hall–Kier alpha value is -4.11. The molecule has 0 aliphatic heterocycles. The van der Waals surface area contributed by atoms with Crippen LogP contribution < -0.4 is 21.5 Å².